The molecule has 0 saturated carbocycles. The van der Waals surface area contributed by atoms with E-state index >= 15 is 0 Å². The van der Waals surface area contributed by atoms with Gasteiger partial charge in [0.1, 0.15) is 0 Å². The van der Waals surface area contributed by atoms with Gasteiger partial charge in [0.15, 0.2) is 0 Å². The molecule has 0 amide bonds. The van der Waals surface area contributed by atoms with Crippen molar-refractivity contribution in [3.8, 4) is 0 Å². The number of nitrogens with one attached hydrogen (secondary N) is 1. The Labute approximate surface area is 107 Å². The van der Waals surface area contributed by atoms with Crippen molar-refractivity contribution < 1.29 is 0 Å². The Morgan fingerprint density at radius 1 is 1.06 bits per heavy atom. The lowest BCUT2D eigenvalue weighted by Crippen LogP contribution is -2.50. The normalized spacial score (nSPS) is 27.2. The lowest BCUT2D eigenvalue weighted by Gasteiger charge is -2.42. The van der Waals surface area contributed by atoms with Gasteiger partial charge >= 0.3 is 0 Å². The van der Waals surface area contributed by atoms with Crippen molar-refractivity contribution in [3.05, 3.63) is 0 Å². The van der Waals surface area contributed by atoms with Crippen LogP contribution in [0.5, 0.6) is 0 Å². The van der Waals surface area contributed by atoms with Gasteiger partial charge in [-0.1, -0.05) is 6.42 Å². The Morgan fingerprint density at radius 3 is 2.29 bits per heavy atom. The third-order valence-corrected chi connectivity index (χ3v) is 4.53. The Bertz CT molecular complexity index is 206. The molecule has 3 nitrogen and oxygen atoms in total. The van der Waals surface area contributed by atoms with Gasteiger partial charge < -0.3 is 10.2 Å². The maximum absolute atomic E-state index is 3.29. The van der Waals surface area contributed by atoms with Crippen molar-refractivity contribution >= 4 is 0 Å². The lowest BCUT2D eigenvalue weighted by atomic mass is 9.99. The predicted octanol–water partition coefficient (Wildman–Crippen LogP) is 1.54. The maximum atomic E-state index is 3.29. The van der Waals surface area contributed by atoms with Crippen LogP contribution in [0.1, 0.15) is 39.0 Å². The zero-order chi connectivity index (χ0) is 12.1. The minimum Gasteiger partial charge on any atom is -0.318 e. The zero-order valence-corrected chi connectivity index (χ0v) is 11.6. The highest BCUT2D eigenvalue weighted by atomic mass is 15.2. The molecule has 0 bridgehead atoms. The van der Waals surface area contributed by atoms with Crippen LogP contribution in [0.4, 0.5) is 0 Å². The van der Waals surface area contributed by atoms with Crippen LogP contribution in [0.3, 0.4) is 0 Å². The summed E-state index contributed by atoms with van der Waals surface area (Å²) in [6.07, 6.45) is 7.07. The van der Waals surface area contributed by atoms with Crippen molar-refractivity contribution in [2.75, 3.05) is 39.8 Å². The fraction of sp³-hybridized carbons (Fsp3) is 1.00. The molecule has 2 fully saturated rings. The predicted molar refractivity (Wildman–Crippen MR) is 73.4 cm³/mol. The van der Waals surface area contributed by atoms with Crippen LogP contribution in [0.2, 0.25) is 0 Å². The van der Waals surface area contributed by atoms with Crippen LogP contribution in [0.15, 0.2) is 0 Å². The van der Waals surface area contributed by atoms with Crippen LogP contribution in [0, 0.1) is 0 Å². The minimum absolute atomic E-state index is 0.697. The summed E-state index contributed by atoms with van der Waals surface area (Å²) in [7, 11) is 2.05. The summed E-state index contributed by atoms with van der Waals surface area (Å²) in [5.74, 6) is 0. The zero-order valence-electron chi connectivity index (χ0n) is 11.6. The van der Waals surface area contributed by atoms with Crippen LogP contribution in [-0.2, 0) is 0 Å². The average Bonchev–Trinajstić information content (AvgIpc) is 2.40. The fourth-order valence-corrected chi connectivity index (χ4v) is 3.40. The number of nitrogens with zero attached hydrogens (tertiary/aromatic N) is 2. The van der Waals surface area contributed by atoms with E-state index in [0.29, 0.717) is 6.04 Å². The highest BCUT2D eigenvalue weighted by molar-refractivity contribution is 4.83. The summed E-state index contributed by atoms with van der Waals surface area (Å²) in [6.45, 7) is 8.77. The van der Waals surface area contributed by atoms with E-state index in [4.69, 9.17) is 0 Å². The molecule has 0 aromatic rings. The Hall–Kier alpha value is -0.120. The molecule has 2 aliphatic rings. The number of likely N-dealkylation sites (N-methyl/N-ethyl adjacent to an activating group) is 1. The van der Waals surface area contributed by atoms with Gasteiger partial charge in [-0.2, -0.15) is 0 Å². The molecule has 2 heterocycles. The van der Waals surface area contributed by atoms with Crippen molar-refractivity contribution in [1.29, 1.82) is 0 Å². The molecule has 0 aromatic carbocycles. The molecular formula is C14H29N3. The van der Waals surface area contributed by atoms with Gasteiger partial charge in [0.2, 0.25) is 0 Å². The fourth-order valence-electron chi connectivity index (χ4n) is 3.40. The van der Waals surface area contributed by atoms with E-state index in [9.17, 15) is 0 Å². The molecule has 1 N–H and O–H groups in total. The number of hydrogen-bond acceptors (Lipinski definition) is 3. The van der Waals surface area contributed by atoms with Gasteiger partial charge in [-0.15, -0.1) is 0 Å². The molecule has 2 rings (SSSR count). The smallest absolute Gasteiger partial charge is 0.0192 e. The summed E-state index contributed by atoms with van der Waals surface area (Å²) in [5, 5.41) is 3.29. The summed E-state index contributed by atoms with van der Waals surface area (Å²) >= 11 is 0. The number of piperidine rings is 2. The molecule has 2 aliphatic heterocycles. The summed E-state index contributed by atoms with van der Waals surface area (Å²) in [6, 6.07) is 1.58. The lowest BCUT2D eigenvalue weighted by molar-refractivity contribution is 0.0762. The van der Waals surface area contributed by atoms with Gasteiger partial charge in [0, 0.05) is 18.6 Å². The van der Waals surface area contributed by atoms with Crippen LogP contribution < -0.4 is 5.32 Å². The summed E-state index contributed by atoms with van der Waals surface area (Å²) in [4.78, 5) is 5.40. The van der Waals surface area contributed by atoms with E-state index in [1.165, 1.54) is 58.3 Å². The third kappa shape index (κ3) is 3.67. The van der Waals surface area contributed by atoms with E-state index < -0.39 is 0 Å². The molecule has 100 valence electrons. The van der Waals surface area contributed by atoms with E-state index in [-0.39, 0.29) is 0 Å². The van der Waals surface area contributed by atoms with Crippen LogP contribution in [-0.4, -0.2) is 61.7 Å². The standard InChI is InChI=1S/C14H29N3/c1-13(12-15-2)16-10-6-14(7-11-16)17-8-4-3-5-9-17/h13-15H,3-12H2,1-2H3. The quantitative estimate of drug-likeness (QED) is 0.803. The van der Waals surface area contributed by atoms with E-state index in [0.717, 1.165) is 12.6 Å². The third-order valence-electron chi connectivity index (χ3n) is 4.53. The van der Waals surface area contributed by atoms with Crippen LogP contribution >= 0.6 is 0 Å². The molecule has 0 aliphatic carbocycles. The highest BCUT2D eigenvalue weighted by Gasteiger charge is 2.26. The minimum atomic E-state index is 0.697. The molecule has 0 radical (unpaired) electrons. The first-order valence-electron chi connectivity index (χ1n) is 7.44. The van der Waals surface area contributed by atoms with Crippen molar-refractivity contribution in [3.63, 3.8) is 0 Å². The molecule has 17 heavy (non-hydrogen) atoms. The van der Waals surface area contributed by atoms with Gasteiger partial charge in [0.05, 0.1) is 0 Å². The van der Waals surface area contributed by atoms with E-state index in [1.807, 2.05) is 0 Å². The Balaban J connectivity index is 1.73. The Morgan fingerprint density at radius 2 is 1.71 bits per heavy atom. The second kappa shape index (κ2) is 6.72. The van der Waals surface area contributed by atoms with Gasteiger partial charge in [-0.3, -0.25) is 4.90 Å². The number of likely N-dealkylation sites (tertiary alicyclic amines) is 2. The topological polar surface area (TPSA) is 18.5 Å². The SMILES string of the molecule is CNCC(C)N1CCC(N2CCCCC2)CC1. The van der Waals surface area contributed by atoms with Crippen LogP contribution in [0.25, 0.3) is 0 Å². The maximum Gasteiger partial charge on any atom is 0.0192 e. The first-order chi connectivity index (χ1) is 8.31. The average molecular weight is 239 g/mol. The van der Waals surface area contributed by atoms with Crippen molar-refractivity contribution in [1.82, 2.24) is 15.1 Å². The monoisotopic (exact) mass is 239 g/mol. The van der Waals surface area contributed by atoms with Gasteiger partial charge in [0.25, 0.3) is 0 Å². The van der Waals surface area contributed by atoms with E-state index in [2.05, 4.69) is 29.1 Å². The molecule has 2 saturated heterocycles. The second-order valence-corrected chi connectivity index (χ2v) is 5.77. The Kier molecular flexibility index (Phi) is 5.26. The number of rotatable bonds is 4. The summed E-state index contributed by atoms with van der Waals surface area (Å²) < 4.78 is 0. The molecule has 1 atom stereocenters. The van der Waals surface area contributed by atoms with Gasteiger partial charge in [-0.25, -0.2) is 0 Å². The molecular weight excluding hydrogens is 210 g/mol. The second-order valence-electron chi connectivity index (χ2n) is 5.77. The van der Waals surface area contributed by atoms with Crippen molar-refractivity contribution in [2.24, 2.45) is 0 Å². The molecule has 0 spiro atoms. The first kappa shape index (κ1) is 13.3. The first-order valence-corrected chi connectivity index (χ1v) is 7.44. The molecule has 0 aromatic heterocycles. The molecule has 3 heteroatoms. The largest absolute Gasteiger partial charge is 0.318 e. The van der Waals surface area contributed by atoms with Crippen molar-refractivity contribution in [2.45, 2.75) is 51.1 Å². The van der Waals surface area contributed by atoms with Gasteiger partial charge in [-0.05, 0) is 65.8 Å². The van der Waals surface area contributed by atoms with E-state index in [1.54, 1.807) is 0 Å². The number of hydrogen-bond donors (Lipinski definition) is 1. The summed E-state index contributed by atoms with van der Waals surface area (Å²) in [5.41, 5.74) is 0. The molecule has 1 unspecified atom stereocenters. The highest BCUT2D eigenvalue weighted by Crippen LogP contribution is 2.21.